The minimum atomic E-state index is -0.304. The lowest BCUT2D eigenvalue weighted by molar-refractivity contribution is 0.573. The van der Waals surface area contributed by atoms with Gasteiger partial charge in [0.05, 0.1) is 5.69 Å². The normalized spacial score (nSPS) is 15.0. The number of hydrogen-bond donors (Lipinski definition) is 1. The Balaban J connectivity index is 1.85. The maximum atomic E-state index is 13.7. The number of hydrogen-bond acceptors (Lipinski definition) is 4. The molecule has 0 saturated carbocycles. The monoisotopic (exact) mass is 286 g/mol. The number of anilines is 3. The summed E-state index contributed by atoms with van der Waals surface area (Å²) >= 11 is 0. The van der Waals surface area contributed by atoms with Crippen LogP contribution in [0.15, 0.2) is 30.3 Å². The van der Waals surface area contributed by atoms with Crippen LogP contribution in [0, 0.1) is 12.7 Å². The molecule has 1 aromatic heterocycles. The van der Waals surface area contributed by atoms with E-state index in [1.54, 1.807) is 18.2 Å². The molecule has 2 aromatic rings. The van der Waals surface area contributed by atoms with Gasteiger partial charge in [-0.1, -0.05) is 12.1 Å². The Hall–Kier alpha value is -2.17. The third-order valence-electron chi connectivity index (χ3n) is 3.64. The highest BCUT2D eigenvalue weighted by Gasteiger charge is 2.14. The van der Waals surface area contributed by atoms with E-state index < -0.39 is 0 Å². The minimum absolute atomic E-state index is 0.304. The van der Waals surface area contributed by atoms with Crippen molar-refractivity contribution in [2.24, 2.45) is 0 Å². The van der Waals surface area contributed by atoms with E-state index in [0.717, 1.165) is 24.6 Å². The fourth-order valence-corrected chi connectivity index (χ4v) is 2.58. The molecule has 110 valence electrons. The maximum Gasteiger partial charge on any atom is 0.229 e. The predicted molar refractivity (Wildman–Crippen MR) is 82.5 cm³/mol. The van der Waals surface area contributed by atoms with Gasteiger partial charge in [0.15, 0.2) is 0 Å². The molecule has 0 unspecified atom stereocenters. The number of nitrogens with one attached hydrogen (secondary N) is 1. The number of halogens is 1. The van der Waals surface area contributed by atoms with E-state index >= 15 is 0 Å². The molecule has 4 nitrogen and oxygen atoms in total. The van der Waals surface area contributed by atoms with Crippen molar-refractivity contribution in [3.63, 3.8) is 0 Å². The molecular weight excluding hydrogens is 267 g/mol. The van der Waals surface area contributed by atoms with Crippen LogP contribution >= 0.6 is 0 Å². The highest BCUT2D eigenvalue weighted by Crippen LogP contribution is 2.22. The molecule has 1 N–H and O–H groups in total. The van der Waals surface area contributed by atoms with Crippen molar-refractivity contribution in [2.45, 2.75) is 26.2 Å². The number of aromatic nitrogens is 2. The Morgan fingerprint density at radius 1 is 1.10 bits per heavy atom. The summed E-state index contributed by atoms with van der Waals surface area (Å²) in [5.74, 6) is 1.06. The van der Waals surface area contributed by atoms with E-state index in [-0.39, 0.29) is 5.82 Å². The summed E-state index contributed by atoms with van der Waals surface area (Å²) in [5.41, 5.74) is 1.28. The average Bonchev–Trinajstić information content (AvgIpc) is 2.50. The Morgan fingerprint density at radius 2 is 1.86 bits per heavy atom. The molecule has 0 spiro atoms. The van der Waals surface area contributed by atoms with Gasteiger partial charge in [0.25, 0.3) is 0 Å². The maximum absolute atomic E-state index is 13.7. The standard InChI is InChI=1S/C16H19FN4/c1-12-11-15(21-9-5-2-6-10-21)20-16(18-12)19-14-8-4-3-7-13(14)17/h3-4,7-8,11H,2,5-6,9-10H2,1H3,(H,18,19,20). The van der Waals surface area contributed by atoms with Gasteiger partial charge in [-0.15, -0.1) is 0 Å². The summed E-state index contributed by atoms with van der Waals surface area (Å²) in [5, 5.41) is 2.97. The van der Waals surface area contributed by atoms with Crippen molar-refractivity contribution in [1.82, 2.24) is 9.97 Å². The molecule has 0 bridgehead atoms. The third-order valence-corrected chi connectivity index (χ3v) is 3.64. The molecule has 1 fully saturated rings. The lowest BCUT2D eigenvalue weighted by Gasteiger charge is -2.28. The quantitative estimate of drug-likeness (QED) is 0.935. The summed E-state index contributed by atoms with van der Waals surface area (Å²) in [7, 11) is 0. The Bertz CT molecular complexity index is 623. The molecular formula is C16H19FN4. The summed E-state index contributed by atoms with van der Waals surface area (Å²) < 4.78 is 13.7. The fraction of sp³-hybridized carbons (Fsp3) is 0.375. The molecule has 1 saturated heterocycles. The first kappa shape index (κ1) is 13.8. The van der Waals surface area contributed by atoms with Gasteiger partial charge < -0.3 is 10.2 Å². The molecule has 0 radical (unpaired) electrons. The summed E-state index contributed by atoms with van der Waals surface area (Å²) in [6.07, 6.45) is 3.67. The van der Waals surface area contributed by atoms with E-state index in [0.29, 0.717) is 11.6 Å². The SMILES string of the molecule is Cc1cc(N2CCCCC2)nc(Nc2ccccc2F)n1. The Labute approximate surface area is 124 Å². The molecule has 0 aliphatic carbocycles. The zero-order chi connectivity index (χ0) is 14.7. The summed E-state index contributed by atoms with van der Waals surface area (Å²) in [4.78, 5) is 11.1. The van der Waals surface area contributed by atoms with E-state index in [1.165, 1.54) is 25.3 Å². The van der Waals surface area contributed by atoms with Crippen LogP contribution < -0.4 is 10.2 Å². The van der Waals surface area contributed by atoms with Crippen molar-refractivity contribution in [3.8, 4) is 0 Å². The largest absolute Gasteiger partial charge is 0.356 e. The van der Waals surface area contributed by atoms with Crippen LogP contribution in [0.3, 0.4) is 0 Å². The number of aryl methyl sites for hydroxylation is 1. The lowest BCUT2D eigenvalue weighted by atomic mass is 10.1. The second kappa shape index (κ2) is 6.08. The first-order chi connectivity index (χ1) is 10.2. The van der Waals surface area contributed by atoms with Crippen molar-refractivity contribution < 1.29 is 4.39 Å². The van der Waals surface area contributed by atoms with Crippen LogP contribution in [0.1, 0.15) is 25.0 Å². The Kier molecular flexibility index (Phi) is 3.99. The molecule has 1 aliphatic heterocycles. The molecule has 0 amide bonds. The second-order valence-corrected chi connectivity index (χ2v) is 5.34. The van der Waals surface area contributed by atoms with Crippen LogP contribution in [-0.4, -0.2) is 23.1 Å². The first-order valence-electron chi connectivity index (χ1n) is 7.34. The second-order valence-electron chi connectivity index (χ2n) is 5.34. The summed E-state index contributed by atoms with van der Waals surface area (Å²) in [6.45, 7) is 3.98. The molecule has 21 heavy (non-hydrogen) atoms. The molecule has 1 aliphatic rings. The predicted octanol–water partition coefficient (Wildman–Crippen LogP) is 3.66. The van der Waals surface area contributed by atoms with Crippen LogP contribution in [0.5, 0.6) is 0 Å². The number of piperidine rings is 1. The summed E-state index contributed by atoms with van der Waals surface area (Å²) in [6, 6.07) is 8.53. The van der Waals surface area contributed by atoms with Crippen LogP contribution in [0.25, 0.3) is 0 Å². The molecule has 0 atom stereocenters. The van der Waals surface area contributed by atoms with Crippen LogP contribution in [-0.2, 0) is 0 Å². The van der Waals surface area contributed by atoms with E-state index in [9.17, 15) is 4.39 Å². The number of nitrogens with zero attached hydrogens (tertiary/aromatic N) is 3. The lowest BCUT2D eigenvalue weighted by Crippen LogP contribution is -2.30. The van der Waals surface area contributed by atoms with Crippen molar-refractivity contribution in [1.29, 1.82) is 0 Å². The highest BCUT2D eigenvalue weighted by molar-refractivity contribution is 5.56. The number of para-hydroxylation sites is 1. The third kappa shape index (κ3) is 3.29. The molecule has 5 heteroatoms. The van der Waals surface area contributed by atoms with Crippen molar-refractivity contribution in [2.75, 3.05) is 23.3 Å². The number of rotatable bonds is 3. The average molecular weight is 286 g/mol. The van der Waals surface area contributed by atoms with Gasteiger partial charge in [-0.05, 0) is 38.3 Å². The highest BCUT2D eigenvalue weighted by atomic mass is 19.1. The first-order valence-corrected chi connectivity index (χ1v) is 7.34. The van der Waals surface area contributed by atoms with Gasteiger partial charge in [-0.2, -0.15) is 4.98 Å². The van der Waals surface area contributed by atoms with Gasteiger partial charge in [-0.25, -0.2) is 9.37 Å². The molecule has 2 heterocycles. The topological polar surface area (TPSA) is 41.1 Å². The minimum Gasteiger partial charge on any atom is -0.356 e. The van der Waals surface area contributed by atoms with Crippen molar-refractivity contribution in [3.05, 3.63) is 41.8 Å². The Morgan fingerprint density at radius 3 is 2.62 bits per heavy atom. The van der Waals surface area contributed by atoms with Crippen LogP contribution in [0.2, 0.25) is 0 Å². The van der Waals surface area contributed by atoms with Gasteiger partial charge in [0.2, 0.25) is 5.95 Å². The molecule has 3 rings (SSSR count). The zero-order valence-corrected chi connectivity index (χ0v) is 12.1. The van der Waals surface area contributed by atoms with Gasteiger partial charge >= 0.3 is 0 Å². The smallest absolute Gasteiger partial charge is 0.229 e. The van der Waals surface area contributed by atoms with Gasteiger partial charge in [-0.3, -0.25) is 0 Å². The number of benzene rings is 1. The van der Waals surface area contributed by atoms with Gasteiger partial charge in [0, 0.05) is 24.8 Å². The zero-order valence-electron chi connectivity index (χ0n) is 12.1. The van der Waals surface area contributed by atoms with Crippen LogP contribution in [0.4, 0.5) is 21.8 Å². The van der Waals surface area contributed by atoms with Crippen molar-refractivity contribution >= 4 is 17.5 Å². The van der Waals surface area contributed by atoms with E-state index in [4.69, 9.17) is 0 Å². The van der Waals surface area contributed by atoms with Gasteiger partial charge in [0.1, 0.15) is 11.6 Å². The molecule has 1 aromatic carbocycles. The van der Waals surface area contributed by atoms with E-state index in [2.05, 4.69) is 20.2 Å². The van der Waals surface area contributed by atoms with E-state index in [1.807, 2.05) is 13.0 Å². The fourth-order valence-electron chi connectivity index (χ4n) is 2.58.